The second-order valence-corrected chi connectivity index (χ2v) is 4.27. The predicted molar refractivity (Wildman–Crippen MR) is 62.3 cm³/mol. The Labute approximate surface area is 103 Å². The summed E-state index contributed by atoms with van der Waals surface area (Å²) in [6.45, 7) is 3.66. The van der Waals surface area contributed by atoms with Gasteiger partial charge < -0.3 is 4.98 Å². The highest BCUT2D eigenvalue weighted by molar-refractivity contribution is 5.31. The van der Waals surface area contributed by atoms with Crippen LogP contribution in [0.5, 0.6) is 0 Å². The van der Waals surface area contributed by atoms with Crippen molar-refractivity contribution in [3.63, 3.8) is 0 Å². The Kier molecular flexibility index (Phi) is 3.15. The molecule has 0 saturated carbocycles. The van der Waals surface area contributed by atoms with Crippen molar-refractivity contribution in [1.29, 1.82) is 0 Å². The Morgan fingerprint density at radius 3 is 2.56 bits per heavy atom. The number of hydrogen-bond acceptors (Lipinski definition) is 1. The van der Waals surface area contributed by atoms with Gasteiger partial charge >= 0.3 is 6.18 Å². The predicted octanol–water partition coefficient (Wildman–Crippen LogP) is 3.89. The van der Waals surface area contributed by atoms with E-state index in [1.807, 2.05) is 13.8 Å². The lowest BCUT2D eigenvalue weighted by Gasteiger charge is -2.12. The van der Waals surface area contributed by atoms with Crippen molar-refractivity contribution in [2.24, 2.45) is 0 Å². The smallest absolute Gasteiger partial charge is 0.348 e. The maximum Gasteiger partial charge on any atom is 0.416 e. The van der Waals surface area contributed by atoms with E-state index in [9.17, 15) is 13.2 Å². The van der Waals surface area contributed by atoms with E-state index < -0.39 is 11.7 Å². The molecule has 0 bridgehead atoms. The minimum atomic E-state index is -4.31. The van der Waals surface area contributed by atoms with E-state index in [0.29, 0.717) is 11.4 Å². The number of imidazole rings is 1. The molecule has 2 rings (SSSR count). The van der Waals surface area contributed by atoms with Crippen LogP contribution in [-0.2, 0) is 6.18 Å². The second-order valence-electron chi connectivity index (χ2n) is 4.27. The van der Waals surface area contributed by atoms with Crippen LogP contribution in [0.3, 0.4) is 0 Å². The molecule has 0 aliphatic rings. The molecule has 2 nitrogen and oxygen atoms in total. The summed E-state index contributed by atoms with van der Waals surface area (Å²) in [5, 5.41) is 0. The van der Waals surface area contributed by atoms with E-state index in [0.717, 1.165) is 11.8 Å². The lowest BCUT2D eigenvalue weighted by Crippen LogP contribution is -2.07. The molecule has 1 aromatic carbocycles. The van der Waals surface area contributed by atoms with Gasteiger partial charge in [0.15, 0.2) is 0 Å². The highest BCUT2D eigenvalue weighted by Gasteiger charge is 2.30. The fraction of sp³-hybridized carbons (Fsp3) is 0.308. The van der Waals surface area contributed by atoms with Gasteiger partial charge in [0.1, 0.15) is 5.82 Å². The summed E-state index contributed by atoms with van der Waals surface area (Å²) in [6.07, 6.45) is -2.58. The van der Waals surface area contributed by atoms with Crippen LogP contribution < -0.4 is 0 Å². The zero-order chi connectivity index (χ0) is 13.3. The minimum absolute atomic E-state index is 0.194. The number of H-pyrrole nitrogens is 1. The topological polar surface area (TPSA) is 28.7 Å². The first-order valence-corrected chi connectivity index (χ1v) is 5.57. The van der Waals surface area contributed by atoms with E-state index in [2.05, 4.69) is 9.97 Å². The SMILES string of the molecule is Cc1c[nH]c(C(C)c2cccc(C(F)(F)F)c2)n1. The standard InChI is InChI=1S/C13H13F3N2/c1-8-7-17-12(18-8)9(2)10-4-3-5-11(6-10)13(14,15)16/h3-7,9H,1-2H3,(H,17,18). The van der Waals surface area contributed by atoms with Gasteiger partial charge in [0, 0.05) is 12.1 Å². The molecule has 0 spiro atoms. The van der Waals surface area contributed by atoms with Gasteiger partial charge in [0.2, 0.25) is 0 Å². The van der Waals surface area contributed by atoms with Crippen LogP contribution in [0.4, 0.5) is 13.2 Å². The number of benzene rings is 1. The molecule has 0 aliphatic carbocycles. The Bertz CT molecular complexity index is 543. The van der Waals surface area contributed by atoms with Crippen LogP contribution in [0, 0.1) is 6.92 Å². The molecule has 1 N–H and O–H groups in total. The van der Waals surface area contributed by atoms with E-state index in [1.54, 1.807) is 12.3 Å². The average molecular weight is 254 g/mol. The molecule has 0 radical (unpaired) electrons. The minimum Gasteiger partial charge on any atom is -0.348 e. The average Bonchev–Trinajstić information content (AvgIpc) is 2.74. The molecule has 0 fully saturated rings. The quantitative estimate of drug-likeness (QED) is 0.865. The van der Waals surface area contributed by atoms with Crippen LogP contribution in [0.2, 0.25) is 0 Å². The summed E-state index contributed by atoms with van der Waals surface area (Å²) >= 11 is 0. The zero-order valence-electron chi connectivity index (χ0n) is 10.0. The summed E-state index contributed by atoms with van der Waals surface area (Å²) in [7, 11) is 0. The molecule has 2 aromatic rings. The Morgan fingerprint density at radius 2 is 2.00 bits per heavy atom. The number of aromatic amines is 1. The third kappa shape index (κ3) is 2.55. The van der Waals surface area contributed by atoms with Crippen LogP contribution in [-0.4, -0.2) is 9.97 Å². The van der Waals surface area contributed by atoms with Crippen LogP contribution in [0.25, 0.3) is 0 Å². The summed E-state index contributed by atoms with van der Waals surface area (Å²) < 4.78 is 37.8. The van der Waals surface area contributed by atoms with Crippen molar-refractivity contribution in [1.82, 2.24) is 9.97 Å². The van der Waals surface area contributed by atoms with Gasteiger partial charge in [-0.2, -0.15) is 13.2 Å². The molecule has 0 saturated heterocycles. The Morgan fingerprint density at radius 1 is 1.28 bits per heavy atom. The highest BCUT2D eigenvalue weighted by Crippen LogP contribution is 2.32. The van der Waals surface area contributed by atoms with Gasteiger partial charge in [-0.05, 0) is 18.6 Å². The van der Waals surface area contributed by atoms with E-state index in [4.69, 9.17) is 0 Å². The first-order chi connectivity index (χ1) is 8.38. The van der Waals surface area contributed by atoms with Crippen molar-refractivity contribution < 1.29 is 13.2 Å². The van der Waals surface area contributed by atoms with Gasteiger partial charge in [-0.3, -0.25) is 0 Å². The maximum absolute atomic E-state index is 12.6. The van der Waals surface area contributed by atoms with Crippen LogP contribution in [0.1, 0.15) is 35.5 Å². The first kappa shape index (κ1) is 12.7. The van der Waals surface area contributed by atoms with E-state index in [-0.39, 0.29) is 5.92 Å². The third-order valence-corrected chi connectivity index (χ3v) is 2.85. The molecule has 18 heavy (non-hydrogen) atoms. The summed E-state index contributed by atoms with van der Waals surface area (Å²) in [6, 6.07) is 5.34. The second kappa shape index (κ2) is 4.48. The van der Waals surface area contributed by atoms with E-state index >= 15 is 0 Å². The van der Waals surface area contributed by atoms with Crippen molar-refractivity contribution in [2.75, 3.05) is 0 Å². The van der Waals surface area contributed by atoms with Crippen molar-refractivity contribution >= 4 is 0 Å². The zero-order valence-corrected chi connectivity index (χ0v) is 10.0. The molecule has 5 heteroatoms. The fourth-order valence-electron chi connectivity index (χ4n) is 1.80. The molecule has 96 valence electrons. The van der Waals surface area contributed by atoms with Gasteiger partial charge in [-0.25, -0.2) is 4.98 Å². The highest BCUT2D eigenvalue weighted by atomic mass is 19.4. The fourth-order valence-corrected chi connectivity index (χ4v) is 1.80. The van der Waals surface area contributed by atoms with Crippen LogP contribution in [0.15, 0.2) is 30.5 Å². The van der Waals surface area contributed by atoms with Crippen molar-refractivity contribution in [3.8, 4) is 0 Å². The van der Waals surface area contributed by atoms with Gasteiger partial charge in [-0.15, -0.1) is 0 Å². The van der Waals surface area contributed by atoms with E-state index in [1.165, 1.54) is 12.1 Å². The molecule has 1 heterocycles. The van der Waals surface area contributed by atoms with Gasteiger partial charge in [-0.1, -0.05) is 25.1 Å². The lowest BCUT2D eigenvalue weighted by molar-refractivity contribution is -0.137. The first-order valence-electron chi connectivity index (χ1n) is 5.57. The van der Waals surface area contributed by atoms with Gasteiger partial charge in [0.25, 0.3) is 0 Å². The molecule has 0 amide bonds. The summed E-state index contributed by atoms with van der Waals surface area (Å²) in [5.41, 5.74) is 0.790. The normalized spacial score (nSPS) is 13.6. The molecule has 1 unspecified atom stereocenters. The molecule has 1 aromatic heterocycles. The molecular formula is C13H13F3N2. The number of alkyl halides is 3. The van der Waals surface area contributed by atoms with Crippen molar-refractivity contribution in [2.45, 2.75) is 25.9 Å². The number of halogens is 3. The lowest BCUT2D eigenvalue weighted by atomic mass is 9.98. The summed E-state index contributed by atoms with van der Waals surface area (Å²) in [4.78, 5) is 7.21. The Balaban J connectivity index is 2.34. The third-order valence-electron chi connectivity index (χ3n) is 2.85. The molecule has 1 atom stereocenters. The number of nitrogens with zero attached hydrogens (tertiary/aromatic N) is 1. The number of nitrogens with one attached hydrogen (secondary N) is 1. The van der Waals surface area contributed by atoms with Crippen molar-refractivity contribution in [3.05, 3.63) is 53.1 Å². The summed E-state index contributed by atoms with van der Waals surface area (Å²) in [5.74, 6) is 0.479. The number of aromatic nitrogens is 2. The Hall–Kier alpha value is -1.78. The van der Waals surface area contributed by atoms with Gasteiger partial charge in [0.05, 0.1) is 11.3 Å². The number of hydrogen-bond donors (Lipinski definition) is 1. The number of rotatable bonds is 2. The largest absolute Gasteiger partial charge is 0.416 e. The van der Waals surface area contributed by atoms with Crippen LogP contribution >= 0.6 is 0 Å². The molecular weight excluding hydrogens is 241 g/mol. The molecule has 0 aliphatic heterocycles. The maximum atomic E-state index is 12.6. The number of aryl methyl sites for hydroxylation is 1. The monoisotopic (exact) mass is 254 g/mol.